The average molecular weight is 336 g/mol. The topological polar surface area (TPSA) is 74.4 Å². The molecule has 122 valence electrons. The fraction of sp³-hybridized carbons (Fsp3) is 0.600. The van der Waals surface area contributed by atoms with Gasteiger partial charge in [0.15, 0.2) is 16.6 Å². The van der Waals surface area contributed by atoms with E-state index in [2.05, 4.69) is 26.7 Å². The number of imidazole rings is 1. The fourth-order valence-corrected chi connectivity index (χ4v) is 3.92. The SMILES string of the molecule is C=NC[C@H]1C[C@@H](n2cnc3c(Cl)ncnc32)[C@@H]2OC(C)(C)O[C@H]12. The summed E-state index contributed by atoms with van der Waals surface area (Å²) in [6, 6.07) is 0.0736. The van der Waals surface area contributed by atoms with Gasteiger partial charge in [0, 0.05) is 12.5 Å². The molecule has 1 saturated carbocycles. The smallest absolute Gasteiger partial charge is 0.165 e. The molecule has 1 aliphatic carbocycles. The van der Waals surface area contributed by atoms with Crippen molar-refractivity contribution in [3.63, 3.8) is 0 Å². The van der Waals surface area contributed by atoms with Crippen LogP contribution in [0.25, 0.3) is 11.2 Å². The van der Waals surface area contributed by atoms with Gasteiger partial charge in [0.25, 0.3) is 0 Å². The van der Waals surface area contributed by atoms with Crippen molar-refractivity contribution in [2.45, 2.75) is 44.3 Å². The first-order valence-electron chi connectivity index (χ1n) is 7.61. The number of hydrogen-bond donors (Lipinski definition) is 0. The van der Waals surface area contributed by atoms with Gasteiger partial charge in [-0.3, -0.25) is 0 Å². The second-order valence-corrected chi connectivity index (χ2v) is 6.88. The quantitative estimate of drug-likeness (QED) is 0.635. The van der Waals surface area contributed by atoms with Crippen LogP contribution in [0.1, 0.15) is 26.3 Å². The highest BCUT2D eigenvalue weighted by molar-refractivity contribution is 6.33. The van der Waals surface area contributed by atoms with Crippen molar-refractivity contribution in [3.05, 3.63) is 17.8 Å². The number of nitrogens with zero attached hydrogens (tertiary/aromatic N) is 5. The minimum atomic E-state index is -0.601. The minimum absolute atomic E-state index is 0.00439. The zero-order valence-corrected chi connectivity index (χ0v) is 13.8. The van der Waals surface area contributed by atoms with Crippen molar-refractivity contribution in [2.24, 2.45) is 10.9 Å². The summed E-state index contributed by atoms with van der Waals surface area (Å²) in [5.74, 6) is -0.338. The summed E-state index contributed by atoms with van der Waals surface area (Å²) in [5, 5.41) is 0.358. The molecule has 2 aromatic rings. The molecule has 8 heteroatoms. The predicted molar refractivity (Wildman–Crippen MR) is 85.7 cm³/mol. The standard InChI is InChI=1S/C15H18ClN5O2/c1-15(2)22-11-8(5-17-3)4-9(12(11)23-15)21-7-20-10-13(16)18-6-19-14(10)21/h6-9,11-12H,3-5H2,1-2H3/t8-,9-,11-,12+/m1/s1. The molecule has 4 rings (SSSR count). The number of ether oxygens (including phenoxy) is 2. The van der Waals surface area contributed by atoms with Crippen LogP contribution in [0.15, 0.2) is 17.6 Å². The lowest BCUT2D eigenvalue weighted by Crippen LogP contribution is -2.27. The molecule has 0 radical (unpaired) electrons. The highest BCUT2D eigenvalue weighted by Gasteiger charge is 2.54. The van der Waals surface area contributed by atoms with Gasteiger partial charge in [-0.1, -0.05) is 11.6 Å². The first kappa shape index (κ1) is 15.0. The Hall–Kier alpha value is -1.57. The summed E-state index contributed by atoms with van der Waals surface area (Å²) in [7, 11) is 0. The highest BCUT2D eigenvalue weighted by atomic mass is 35.5. The molecule has 0 amide bonds. The van der Waals surface area contributed by atoms with E-state index >= 15 is 0 Å². The zero-order valence-electron chi connectivity index (χ0n) is 13.0. The number of rotatable bonds is 3. The monoisotopic (exact) mass is 335 g/mol. The molecule has 1 saturated heterocycles. The van der Waals surface area contributed by atoms with Gasteiger partial charge in [0.1, 0.15) is 17.9 Å². The molecule has 0 bridgehead atoms. The van der Waals surface area contributed by atoms with Crippen LogP contribution in [0.5, 0.6) is 0 Å². The Morgan fingerprint density at radius 1 is 1.35 bits per heavy atom. The van der Waals surface area contributed by atoms with Crippen LogP contribution in [-0.2, 0) is 9.47 Å². The molecule has 0 spiro atoms. The Kier molecular flexibility index (Phi) is 3.40. The molecule has 2 aliphatic rings. The van der Waals surface area contributed by atoms with Crippen molar-refractivity contribution in [1.82, 2.24) is 19.5 Å². The molecule has 3 heterocycles. The van der Waals surface area contributed by atoms with Gasteiger partial charge in [-0.2, -0.15) is 0 Å². The van der Waals surface area contributed by atoms with Crippen molar-refractivity contribution >= 4 is 29.5 Å². The molecular weight excluding hydrogens is 318 g/mol. The Morgan fingerprint density at radius 3 is 2.91 bits per heavy atom. The maximum atomic E-state index is 6.16. The maximum absolute atomic E-state index is 6.16. The van der Waals surface area contributed by atoms with E-state index in [9.17, 15) is 0 Å². The summed E-state index contributed by atoms with van der Waals surface area (Å²) < 4.78 is 14.3. The fourth-order valence-electron chi connectivity index (χ4n) is 3.74. The first-order valence-corrected chi connectivity index (χ1v) is 7.99. The lowest BCUT2D eigenvalue weighted by atomic mass is 10.1. The van der Waals surface area contributed by atoms with Crippen LogP contribution >= 0.6 is 11.6 Å². The zero-order chi connectivity index (χ0) is 16.2. The number of aliphatic imine (C=N–C) groups is 1. The van der Waals surface area contributed by atoms with Crippen LogP contribution in [0.2, 0.25) is 5.15 Å². The van der Waals surface area contributed by atoms with Gasteiger partial charge in [-0.05, 0) is 27.0 Å². The van der Waals surface area contributed by atoms with Crippen LogP contribution < -0.4 is 0 Å². The Labute approximate surface area is 138 Å². The van der Waals surface area contributed by atoms with E-state index in [4.69, 9.17) is 21.1 Å². The Balaban J connectivity index is 1.75. The van der Waals surface area contributed by atoms with E-state index in [0.717, 1.165) is 6.42 Å². The molecule has 2 aromatic heterocycles. The van der Waals surface area contributed by atoms with Crippen LogP contribution in [0.3, 0.4) is 0 Å². The van der Waals surface area contributed by atoms with E-state index < -0.39 is 5.79 Å². The summed E-state index contributed by atoms with van der Waals surface area (Å²) in [4.78, 5) is 16.7. The third-order valence-electron chi connectivity index (χ3n) is 4.59. The average Bonchev–Trinajstić information content (AvgIpc) is 3.13. The maximum Gasteiger partial charge on any atom is 0.165 e. The van der Waals surface area contributed by atoms with Gasteiger partial charge in [0.05, 0.1) is 18.5 Å². The Morgan fingerprint density at radius 2 is 2.13 bits per heavy atom. The lowest BCUT2D eigenvalue weighted by Gasteiger charge is -2.23. The normalized spacial score (nSPS) is 32.3. The molecule has 7 nitrogen and oxygen atoms in total. The third-order valence-corrected chi connectivity index (χ3v) is 4.86. The van der Waals surface area contributed by atoms with E-state index in [1.807, 2.05) is 18.4 Å². The molecule has 0 aromatic carbocycles. The second-order valence-electron chi connectivity index (χ2n) is 6.52. The third kappa shape index (κ3) is 2.34. The number of fused-ring (bicyclic) bond motifs is 2. The minimum Gasteiger partial charge on any atom is -0.344 e. The molecule has 1 aliphatic heterocycles. The molecule has 0 N–H and O–H groups in total. The van der Waals surface area contributed by atoms with Crippen molar-refractivity contribution in [1.29, 1.82) is 0 Å². The first-order chi connectivity index (χ1) is 11.0. The van der Waals surface area contributed by atoms with Crippen LogP contribution in [0.4, 0.5) is 0 Å². The van der Waals surface area contributed by atoms with E-state index in [1.165, 1.54) is 6.33 Å². The van der Waals surface area contributed by atoms with Gasteiger partial charge < -0.3 is 19.0 Å². The van der Waals surface area contributed by atoms with Gasteiger partial charge >= 0.3 is 0 Å². The van der Waals surface area contributed by atoms with Gasteiger partial charge in [-0.25, -0.2) is 15.0 Å². The lowest BCUT2D eigenvalue weighted by molar-refractivity contribution is -0.159. The number of hydrogen-bond acceptors (Lipinski definition) is 6. The molecule has 23 heavy (non-hydrogen) atoms. The highest BCUT2D eigenvalue weighted by Crippen LogP contribution is 2.47. The summed E-state index contributed by atoms with van der Waals surface area (Å²) in [5.41, 5.74) is 1.32. The van der Waals surface area contributed by atoms with Crippen molar-refractivity contribution in [3.8, 4) is 0 Å². The Bertz CT molecular complexity index is 761. The largest absolute Gasteiger partial charge is 0.344 e. The molecule has 2 fully saturated rings. The summed E-state index contributed by atoms with van der Waals surface area (Å²) >= 11 is 6.11. The van der Waals surface area contributed by atoms with E-state index in [1.54, 1.807) is 6.33 Å². The summed E-state index contributed by atoms with van der Waals surface area (Å²) in [6.45, 7) is 8.15. The van der Waals surface area contributed by atoms with Crippen molar-refractivity contribution < 1.29 is 9.47 Å². The second kappa shape index (κ2) is 5.22. The van der Waals surface area contributed by atoms with Crippen molar-refractivity contribution in [2.75, 3.05) is 6.54 Å². The molecular formula is C15H18ClN5O2. The van der Waals surface area contributed by atoms with Gasteiger partial charge in [0.2, 0.25) is 0 Å². The number of aromatic nitrogens is 4. The summed E-state index contributed by atoms with van der Waals surface area (Å²) in [6.07, 6.45) is 4.01. The van der Waals surface area contributed by atoms with Gasteiger partial charge in [-0.15, -0.1) is 0 Å². The van der Waals surface area contributed by atoms with Crippen LogP contribution in [0, 0.1) is 5.92 Å². The van der Waals surface area contributed by atoms with E-state index in [-0.39, 0.29) is 24.2 Å². The van der Waals surface area contributed by atoms with Crippen LogP contribution in [-0.4, -0.2) is 50.8 Å². The number of halogens is 1. The molecule has 0 unspecified atom stereocenters. The van der Waals surface area contributed by atoms with E-state index in [0.29, 0.717) is 22.9 Å². The molecule has 4 atom stereocenters. The predicted octanol–water partition coefficient (Wildman–Crippen LogP) is 2.26.